The summed E-state index contributed by atoms with van der Waals surface area (Å²) in [5.41, 5.74) is -0.533. The Morgan fingerprint density at radius 1 is 1.15 bits per heavy atom. The molecule has 0 amide bonds. The largest absolute Gasteiger partial charge is 0.394 e. The summed E-state index contributed by atoms with van der Waals surface area (Å²) >= 11 is 5.32. The molecule has 1 aliphatic heterocycles. The van der Waals surface area contributed by atoms with Crippen LogP contribution in [0.2, 0.25) is 0 Å². The van der Waals surface area contributed by atoms with E-state index in [4.69, 9.17) is 17.0 Å². The average Bonchev–Trinajstić information content (AvgIpc) is 3.35. The first-order valence-electron chi connectivity index (χ1n) is 9.77. The first kappa shape index (κ1) is 21.3. The normalized spacial score (nSPS) is 22.8. The maximum atomic E-state index is 12.5. The standard InChI is InChI=1S/C19H17N7O6S/c27-5-9-11(28)12(29)18(32-9)26-6-20-10-14(26)23-19(24-16(10)31)25-17(33)13-21-8-4-2-1-3-7(8)15(30)22-13/h1-4,6,9,11-12,18,27-29H,5H2,(H,21,22,30)(H2,23,24,25,31,33). The molecule has 0 aliphatic carbocycles. The highest BCUT2D eigenvalue weighted by Gasteiger charge is 2.44. The lowest BCUT2D eigenvalue weighted by Crippen LogP contribution is -2.33. The Morgan fingerprint density at radius 3 is 2.70 bits per heavy atom. The molecule has 0 saturated carbocycles. The topological polar surface area (TPSA) is 191 Å². The molecule has 14 heteroatoms. The van der Waals surface area contributed by atoms with Crippen LogP contribution in [-0.4, -0.2) is 74.7 Å². The molecule has 3 aromatic heterocycles. The third-order valence-electron chi connectivity index (χ3n) is 5.28. The Balaban J connectivity index is 1.50. The first-order valence-corrected chi connectivity index (χ1v) is 10.2. The third kappa shape index (κ3) is 3.59. The smallest absolute Gasteiger partial charge is 0.280 e. The SMILES string of the molecule is O=c1[nH]c(C(=S)Nc2nc3c(ncn3C3OC(CO)C(O)C3O)c(=O)[nH]2)nc2ccccc12. The number of aliphatic hydroxyl groups is 3. The van der Waals surface area contributed by atoms with Crippen molar-refractivity contribution in [3.63, 3.8) is 0 Å². The lowest BCUT2D eigenvalue weighted by Gasteiger charge is -2.16. The number of ether oxygens (including phenoxy) is 1. The van der Waals surface area contributed by atoms with Crippen LogP contribution < -0.4 is 16.4 Å². The Labute approximate surface area is 188 Å². The van der Waals surface area contributed by atoms with Gasteiger partial charge in [-0.3, -0.25) is 19.1 Å². The summed E-state index contributed by atoms with van der Waals surface area (Å²) < 4.78 is 6.77. The van der Waals surface area contributed by atoms with Gasteiger partial charge in [0.2, 0.25) is 5.95 Å². The number of nitrogens with one attached hydrogen (secondary N) is 3. The molecule has 5 rings (SSSR count). The van der Waals surface area contributed by atoms with Gasteiger partial charge >= 0.3 is 0 Å². The molecule has 1 fully saturated rings. The van der Waals surface area contributed by atoms with Gasteiger partial charge in [-0.25, -0.2) is 9.97 Å². The van der Waals surface area contributed by atoms with Crippen LogP contribution in [-0.2, 0) is 4.74 Å². The monoisotopic (exact) mass is 471 g/mol. The molecule has 170 valence electrons. The predicted molar refractivity (Wildman–Crippen MR) is 119 cm³/mol. The number of H-pyrrole nitrogens is 2. The summed E-state index contributed by atoms with van der Waals surface area (Å²) in [6, 6.07) is 6.76. The molecule has 4 aromatic rings. The lowest BCUT2D eigenvalue weighted by molar-refractivity contribution is -0.0511. The highest BCUT2D eigenvalue weighted by atomic mass is 32.1. The van der Waals surface area contributed by atoms with E-state index in [1.165, 1.54) is 10.9 Å². The highest BCUT2D eigenvalue weighted by Crippen LogP contribution is 2.30. The summed E-state index contributed by atoms with van der Waals surface area (Å²) in [4.78, 5) is 42.5. The van der Waals surface area contributed by atoms with E-state index in [2.05, 4.69) is 30.2 Å². The van der Waals surface area contributed by atoms with Gasteiger partial charge < -0.3 is 30.4 Å². The number of aliphatic hydroxyl groups excluding tert-OH is 3. The number of hydrogen-bond acceptors (Lipinski definition) is 10. The van der Waals surface area contributed by atoms with Gasteiger partial charge in [-0.05, 0) is 12.1 Å². The molecule has 1 saturated heterocycles. The van der Waals surface area contributed by atoms with Crippen LogP contribution in [0.3, 0.4) is 0 Å². The van der Waals surface area contributed by atoms with Crippen molar-refractivity contribution in [3.05, 3.63) is 57.1 Å². The van der Waals surface area contributed by atoms with E-state index in [0.29, 0.717) is 10.9 Å². The molecule has 0 bridgehead atoms. The second kappa shape index (κ2) is 8.09. The molecular formula is C19H17N7O6S. The fourth-order valence-electron chi connectivity index (χ4n) is 3.64. The number of benzene rings is 1. The van der Waals surface area contributed by atoms with Gasteiger partial charge in [0.1, 0.15) is 23.3 Å². The van der Waals surface area contributed by atoms with Crippen LogP contribution in [0.5, 0.6) is 0 Å². The minimum absolute atomic E-state index is 0.000615. The van der Waals surface area contributed by atoms with E-state index in [1.807, 2.05) is 0 Å². The molecule has 1 aromatic carbocycles. The summed E-state index contributed by atoms with van der Waals surface area (Å²) in [6.45, 7) is -0.507. The summed E-state index contributed by atoms with van der Waals surface area (Å²) in [5, 5.41) is 32.8. The molecule has 6 N–H and O–H groups in total. The Morgan fingerprint density at radius 2 is 1.94 bits per heavy atom. The minimum atomic E-state index is -1.38. The maximum Gasteiger partial charge on any atom is 0.280 e. The van der Waals surface area contributed by atoms with Gasteiger partial charge in [0.15, 0.2) is 23.2 Å². The number of hydrogen-bond donors (Lipinski definition) is 6. The number of para-hydroxylation sites is 1. The second-order valence-corrected chi connectivity index (χ2v) is 7.76. The third-order valence-corrected chi connectivity index (χ3v) is 5.58. The van der Waals surface area contributed by atoms with Gasteiger partial charge in [-0.1, -0.05) is 24.4 Å². The number of rotatable bonds is 4. The fraction of sp³-hybridized carbons (Fsp3) is 0.263. The van der Waals surface area contributed by atoms with E-state index in [0.717, 1.165) is 0 Å². The molecule has 4 unspecified atom stereocenters. The van der Waals surface area contributed by atoms with Crippen molar-refractivity contribution < 1.29 is 20.1 Å². The van der Waals surface area contributed by atoms with E-state index in [9.17, 15) is 24.9 Å². The predicted octanol–water partition coefficient (Wildman–Crippen LogP) is -1.24. The minimum Gasteiger partial charge on any atom is -0.394 e. The lowest BCUT2D eigenvalue weighted by atomic mass is 10.1. The molecule has 1 aliphatic rings. The van der Waals surface area contributed by atoms with Gasteiger partial charge in [0.25, 0.3) is 11.1 Å². The Hall–Kier alpha value is -3.56. The molecule has 4 heterocycles. The van der Waals surface area contributed by atoms with E-state index in [1.54, 1.807) is 24.3 Å². The van der Waals surface area contributed by atoms with Crippen molar-refractivity contribution >= 4 is 45.2 Å². The zero-order valence-corrected chi connectivity index (χ0v) is 17.5. The number of aromatic amines is 2. The number of aromatic nitrogens is 6. The quantitative estimate of drug-likeness (QED) is 0.195. The van der Waals surface area contributed by atoms with Crippen molar-refractivity contribution in [2.45, 2.75) is 24.5 Å². The van der Waals surface area contributed by atoms with E-state index >= 15 is 0 Å². The van der Waals surface area contributed by atoms with Gasteiger partial charge in [-0.2, -0.15) is 4.98 Å². The van der Waals surface area contributed by atoms with Gasteiger partial charge in [0.05, 0.1) is 23.8 Å². The maximum absolute atomic E-state index is 12.5. The van der Waals surface area contributed by atoms with Crippen LogP contribution in [0.25, 0.3) is 22.1 Å². The summed E-state index contributed by atoms with van der Waals surface area (Å²) in [7, 11) is 0. The summed E-state index contributed by atoms with van der Waals surface area (Å²) in [5.74, 6) is 0.00946. The van der Waals surface area contributed by atoms with Crippen molar-refractivity contribution in [1.29, 1.82) is 0 Å². The Kier molecular flexibility index (Phi) is 5.22. The van der Waals surface area contributed by atoms with Gasteiger partial charge in [-0.15, -0.1) is 0 Å². The molecule has 4 atom stereocenters. The second-order valence-electron chi connectivity index (χ2n) is 7.35. The van der Waals surface area contributed by atoms with Crippen molar-refractivity contribution in [2.75, 3.05) is 11.9 Å². The van der Waals surface area contributed by atoms with E-state index in [-0.39, 0.29) is 33.5 Å². The fourth-order valence-corrected chi connectivity index (χ4v) is 3.84. The average molecular weight is 471 g/mol. The number of anilines is 1. The van der Waals surface area contributed by atoms with Crippen LogP contribution >= 0.6 is 12.2 Å². The summed E-state index contributed by atoms with van der Waals surface area (Å²) in [6.07, 6.45) is -3.62. The zero-order chi connectivity index (χ0) is 23.3. The molecule has 13 nitrogen and oxygen atoms in total. The van der Waals surface area contributed by atoms with Crippen molar-refractivity contribution in [3.8, 4) is 0 Å². The number of imidazole rings is 1. The molecular weight excluding hydrogens is 454 g/mol. The molecule has 33 heavy (non-hydrogen) atoms. The number of fused-ring (bicyclic) bond motifs is 2. The van der Waals surface area contributed by atoms with Crippen molar-refractivity contribution in [1.82, 2.24) is 29.5 Å². The van der Waals surface area contributed by atoms with E-state index < -0.39 is 36.7 Å². The van der Waals surface area contributed by atoms with Crippen LogP contribution in [0.1, 0.15) is 12.1 Å². The molecule has 0 radical (unpaired) electrons. The van der Waals surface area contributed by atoms with Crippen LogP contribution in [0.15, 0.2) is 40.2 Å². The first-order chi connectivity index (χ1) is 15.9. The van der Waals surface area contributed by atoms with Crippen LogP contribution in [0.4, 0.5) is 5.95 Å². The highest BCUT2D eigenvalue weighted by molar-refractivity contribution is 7.81. The zero-order valence-electron chi connectivity index (χ0n) is 16.7. The molecule has 0 spiro atoms. The van der Waals surface area contributed by atoms with Gasteiger partial charge in [0, 0.05) is 0 Å². The number of nitrogens with zero attached hydrogens (tertiary/aromatic N) is 4. The van der Waals surface area contributed by atoms with Crippen LogP contribution in [0, 0.1) is 0 Å². The van der Waals surface area contributed by atoms with Crippen molar-refractivity contribution in [2.24, 2.45) is 0 Å². The number of thiocarbonyl (C=S) groups is 1. The Bertz CT molecular complexity index is 1500.